The zero-order valence-electron chi connectivity index (χ0n) is 13.5. The molecule has 9 nitrogen and oxygen atoms in total. The SMILES string of the molecule is COc1cc(C=NNC(=O)COc2ccc(Cl)cc2)cc([N+](=O)[O-])c1O. The highest BCUT2D eigenvalue weighted by atomic mass is 35.5. The normalized spacial score (nSPS) is 10.5. The van der Waals surface area contributed by atoms with Crippen LogP contribution < -0.4 is 14.9 Å². The van der Waals surface area contributed by atoms with E-state index in [0.717, 1.165) is 6.07 Å². The summed E-state index contributed by atoms with van der Waals surface area (Å²) in [7, 11) is 1.26. The van der Waals surface area contributed by atoms with E-state index in [-0.39, 0.29) is 17.9 Å². The summed E-state index contributed by atoms with van der Waals surface area (Å²) in [4.78, 5) is 21.8. The van der Waals surface area contributed by atoms with Gasteiger partial charge in [-0.05, 0) is 30.3 Å². The van der Waals surface area contributed by atoms with Crippen LogP contribution in [-0.2, 0) is 4.79 Å². The first-order valence-electron chi connectivity index (χ1n) is 7.16. The van der Waals surface area contributed by atoms with Gasteiger partial charge in [0.2, 0.25) is 5.75 Å². The molecule has 0 spiro atoms. The Labute approximate surface area is 153 Å². The summed E-state index contributed by atoms with van der Waals surface area (Å²) in [5.74, 6) is -0.739. The van der Waals surface area contributed by atoms with Crippen molar-refractivity contribution < 1.29 is 24.3 Å². The molecule has 0 radical (unpaired) electrons. The van der Waals surface area contributed by atoms with Gasteiger partial charge in [0.15, 0.2) is 12.4 Å². The lowest BCUT2D eigenvalue weighted by molar-refractivity contribution is -0.386. The largest absolute Gasteiger partial charge is 0.500 e. The van der Waals surface area contributed by atoms with Crippen molar-refractivity contribution in [1.29, 1.82) is 0 Å². The third kappa shape index (κ3) is 5.08. The third-order valence-electron chi connectivity index (χ3n) is 3.08. The summed E-state index contributed by atoms with van der Waals surface area (Å²) in [6.45, 7) is -0.280. The molecule has 10 heteroatoms. The first-order valence-corrected chi connectivity index (χ1v) is 7.54. The van der Waals surface area contributed by atoms with E-state index >= 15 is 0 Å². The highest BCUT2D eigenvalue weighted by Gasteiger charge is 2.19. The van der Waals surface area contributed by atoms with E-state index in [9.17, 15) is 20.0 Å². The molecule has 0 atom stereocenters. The fourth-order valence-corrected chi connectivity index (χ4v) is 2.00. The molecule has 0 aliphatic rings. The number of nitrogens with zero attached hydrogens (tertiary/aromatic N) is 2. The minimum atomic E-state index is -0.756. The van der Waals surface area contributed by atoms with E-state index in [0.29, 0.717) is 10.8 Å². The topological polar surface area (TPSA) is 123 Å². The fraction of sp³-hybridized carbons (Fsp3) is 0.125. The first-order chi connectivity index (χ1) is 12.4. The number of benzene rings is 2. The van der Waals surface area contributed by atoms with Crippen LogP contribution in [0.5, 0.6) is 17.2 Å². The van der Waals surface area contributed by atoms with Gasteiger partial charge in [-0.1, -0.05) is 11.6 Å². The molecule has 0 aliphatic carbocycles. The summed E-state index contributed by atoms with van der Waals surface area (Å²) < 4.78 is 10.1. The molecule has 1 amide bonds. The molecule has 0 aliphatic heterocycles. The van der Waals surface area contributed by atoms with Gasteiger partial charge in [0.25, 0.3) is 5.91 Å². The molecule has 0 heterocycles. The van der Waals surface area contributed by atoms with E-state index < -0.39 is 22.3 Å². The highest BCUT2D eigenvalue weighted by Crippen LogP contribution is 2.36. The zero-order valence-corrected chi connectivity index (χ0v) is 14.3. The van der Waals surface area contributed by atoms with Gasteiger partial charge in [-0.25, -0.2) is 5.43 Å². The number of hydrogen-bond donors (Lipinski definition) is 2. The molecule has 136 valence electrons. The Balaban J connectivity index is 1.96. The average Bonchev–Trinajstić information content (AvgIpc) is 2.62. The number of phenolic OH excluding ortho intramolecular Hbond substituents is 1. The summed E-state index contributed by atoms with van der Waals surface area (Å²) in [5.41, 5.74) is 1.94. The smallest absolute Gasteiger partial charge is 0.315 e. The predicted octanol–water partition coefficient (Wildman–Crippen LogP) is 2.49. The number of nitro groups is 1. The van der Waals surface area contributed by atoms with Gasteiger partial charge >= 0.3 is 5.69 Å². The molecule has 0 saturated carbocycles. The van der Waals surface area contributed by atoms with Gasteiger partial charge in [-0.15, -0.1) is 0 Å². The number of methoxy groups -OCH3 is 1. The van der Waals surface area contributed by atoms with E-state index in [2.05, 4.69) is 10.5 Å². The van der Waals surface area contributed by atoms with Gasteiger partial charge in [-0.3, -0.25) is 14.9 Å². The van der Waals surface area contributed by atoms with E-state index in [1.807, 2.05) is 0 Å². The Hall–Kier alpha value is -3.33. The number of hydrogen-bond acceptors (Lipinski definition) is 7. The van der Waals surface area contributed by atoms with Crippen molar-refractivity contribution in [3.05, 3.63) is 57.1 Å². The van der Waals surface area contributed by atoms with Crippen LogP contribution >= 0.6 is 11.6 Å². The maximum Gasteiger partial charge on any atom is 0.315 e. The molecule has 0 unspecified atom stereocenters. The lowest BCUT2D eigenvalue weighted by Gasteiger charge is -2.06. The quantitative estimate of drug-likeness (QED) is 0.432. The van der Waals surface area contributed by atoms with E-state index in [1.54, 1.807) is 24.3 Å². The Morgan fingerprint density at radius 2 is 2.08 bits per heavy atom. The fourth-order valence-electron chi connectivity index (χ4n) is 1.87. The Bertz CT molecular complexity index is 839. The van der Waals surface area contributed by atoms with Crippen LogP contribution in [0, 0.1) is 10.1 Å². The lowest BCUT2D eigenvalue weighted by Crippen LogP contribution is -2.24. The van der Waals surface area contributed by atoms with E-state index in [4.69, 9.17) is 21.1 Å². The molecule has 2 aromatic rings. The van der Waals surface area contributed by atoms with Crippen LogP contribution in [-0.4, -0.2) is 35.9 Å². The number of aromatic hydroxyl groups is 1. The van der Waals surface area contributed by atoms with Crippen molar-refractivity contribution in [2.75, 3.05) is 13.7 Å². The number of amides is 1. The minimum absolute atomic E-state index is 0.0851. The average molecular weight is 380 g/mol. The van der Waals surface area contributed by atoms with Crippen LogP contribution in [0.15, 0.2) is 41.5 Å². The molecule has 2 aromatic carbocycles. The molecule has 2 rings (SSSR count). The molecule has 0 bridgehead atoms. The summed E-state index contributed by atoms with van der Waals surface area (Å²) in [6, 6.07) is 8.90. The molecular weight excluding hydrogens is 366 g/mol. The number of nitrogens with one attached hydrogen (secondary N) is 1. The summed E-state index contributed by atoms with van der Waals surface area (Å²) >= 11 is 5.74. The Morgan fingerprint density at radius 3 is 2.69 bits per heavy atom. The monoisotopic (exact) mass is 379 g/mol. The maximum absolute atomic E-state index is 11.7. The second-order valence-corrected chi connectivity index (χ2v) is 5.32. The van der Waals surface area contributed by atoms with Crippen molar-refractivity contribution in [2.24, 2.45) is 5.10 Å². The standard InChI is InChI=1S/C16H14ClN3O6/c1-25-14-7-10(6-13(16(14)22)20(23)24)8-18-19-15(21)9-26-12-4-2-11(17)3-5-12/h2-8,22H,9H2,1H3,(H,19,21). The Kier molecular flexibility index (Phi) is 6.34. The van der Waals surface area contributed by atoms with Gasteiger partial charge in [-0.2, -0.15) is 5.10 Å². The van der Waals surface area contributed by atoms with Crippen molar-refractivity contribution in [2.45, 2.75) is 0 Å². The number of phenols is 1. The van der Waals surface area contributed by atoms with Crippen LogP contribution in [0.1, 0.15) is 5.56 Å². The summed E-state index contributed by atoms with van der Waals surface area (Å²) in [6.07, 6.45) is 1.18. The van der Waals surface area contributed by atoms with Gasteiger partial charge in [0.1, 0.15) is 5.75 Å². The van der Waals surface area contributed by atoms with Crippen molar-refractivity contribution in [3.8, 4) is 17.2 Å². The lowest BCUT2D eigenvalue weighted by atomic mass is 10.2. The van der Waals surface area contributed by atoms with Crippen LogP contribution in [0.25, 0.3) is 0 Å². The number of rotatable bonds is 7. The second kappa shape index (κ2) is 8.67. The zero-order chi connectivity index (χ0) is 19.1. The molecule has 26 heavy (non-hydrogen) atoms. The van der Waals surface area contributed by atoms with Crippen molar-refractivity contribution in [3.63, 3.8) is 0 Å². The number of carbonyl (C=O) groups is 1. The molecule has 2 N–H and O–H groups in total. The number of halogens is 1. The number of carbonyl (C=O) groups excluding carboxylic acids is 1. The first kappa shape index (κ1) is 19.0. The van der Waals surface area contributed by atoms with Crippen molar-refractivity contribution >= 4 is 29.4 Å². The Morgan fingerprint density at radius 1 is 1.38 bits per heavy atom. The number of hydrazone groups is 1. The predicted molar refractivity (Wildman–Crippen MR) is 94.0 cm³/mol. The summed E-state index contributed by atoms with van der Waals surface area (Å²) in [5, 5.41) is 24.8. The number of nitro benzene ring substituents is 1. The van der Waals surface area contributed by atoms with Crippen LogP contribution in [0.4, 0.5) is 5.69 Å². The third-order valence-corrected chi connectivity index (χ3v) is 3.33. The van der Waals surface area contributed by atoms with Gasteiger partial charge in [0, 0.05) is 16.7 Å². The second-order valence-electron chi connectivity index (χ2n) is 4.88. The highest BCUT2D eigenvalue weighted by molar-refractivity contribution is 6.30. The molecular formula is C16H14ClN3O6. The number of ether oxygens (including phenoxy) is 2. The van der Waals surface area contributed by atoms with Crippen LogP contribution in [0.3, 0.4) is 0 Å². The maximum atomic E-state index is 11.7. The van der Waals surface area contributed by atoms with Gasteiger partial charge < -0.3 is 14.6 Å². The van der Waals surface area contributed by atoms with E-state index in [1.165, 1.54) is 19.4 Å². The minimum Gasteiger partial charge on any atom is -0.500 e. The molecule has 0 fully saturated rings. The molecule has 0 aromatic heterocycles. The van der Waals surface area contributed by atoms with Crippen molar-refractivity contribution in [1.82, 2.24) is 5.43 Å². The van der Waals surface area contributed by atoms with Crippen LogP contribution in [0.2, 0.25) is 5.02 Å². The molecule has 0 saturated heterocycles. The van der Waals surface area contributed by atoms with Gasteiger partial charge in [0.05, 0.1) is 18.2 Å².